The van der Waals surface area contributed by atoms with Gasteiger partial charge in [0.1, 0.15) is 0 Å². The summed E-state index contributed by atoms with van der Waals surface area (Å²) in [5.41, 5.74) is -19.9. The van der Waals surface area contributed by atoms with E-state index in [0.29, 0.717) is 4.90 Å². The van der Waals surface area contributed by atoms with Gasteiger partial charge in [-0.1, -0.05) is 181 Å². The first-order valence-electron chi connectivity index (χ1n) is 34.1. The first kappa shape index (κ1) is 13.3. The second kappa shape index (κ2) is 11.3. The standard InChI is InChI=1S/C56H37N/c1-2-18-36(19-3-1)57(51-34-17-33-50-53(51)43-25-9-15-32-49(43)55(50)44-27-10-4-20-37(44)38-21-5-11-28-45(38)55)52-35-16-26-42-41-24-8-14-31-48(41)56(54(42)52)46-29-12-6-22-39(46)40-23-7-13-30-47(40)56/h1-29,31-35,47H,30H2/i1D,2D,4D,5D,6D,7D,8D,9D,10D,11D,12D,13D,14D,15D,16D,17D,18D,20D,21D,22D,23D,24D,25D,26D,27D,28D,29D,30D,31D,32D,33D,34D,35D. The Balaban J connectivity index is 1.37. The minimum Gasteiger partial charge on any atom is -0.310 e. The molecule has 8 aromatic rings. The zero-order valence-corrected chi connectivity index (χ0v) is 28.8. The number of nitrogens with zero attached hydrogens (tertiary/aromatic N) is 1. The average molecular weight is 757 g/mol. The Kier molecular flexibility index (Phi) is 2.64. The molecule has 0 saturated heterocycles. The van der Waals surface area contributed by atoms with Crippen LogP contribution in [0.25, 0.3) is 39.0 Å². The molecule has 3 unspecified atom stereocenters. The van der Waals surface area contributed by atoms with Gasteiger partial charge in [0.05, 0.1) is 66.1 Å². The summed E-state index contributed by atoms with van der Waals surface area (Å²) in [6.07, 6.45) is -2.24. The van der Waals surface area contributed by atoms with E-state index in [1.54, 1.807) is 0 Å². The molecule has 1 heteroatoms. The van der Waals surface area contributed by atoms with Crippen molar-refractivity contribution in [3.8, 4) is 33.4 Å². The third-order valence-electron chi connectivity index (χ3n) is 11.4. The van der Waals surface area contributed by atoms with Crippen molar-refractivity contribution in [2.75, 3.05) is 4.90 Å². The Bertz CT molecular complexity index is 4900. The molecule has 0 aromatic heterocycles. The van der Waals surface area contributed by atoms with Gasteiger partial charge in [0.15, 0.2) is 0 Å². The highest BCUT2D eigenvalue weighted by atomic mass is 15.2. The number of anilines is 3. The van der Waals surface area contributed by atoms with Gasteiger partial charge in [0.25, 0.3) is 0 Å². The van der Waals surface area contributed by atoms with Gasteiger partial charge in [-0.3, -0.25) is 0 Å². The van der Waals surface area contributed by atoms with Gasteiger partial charge in [-0.05, 0) is 108 Å². The SMILES string of the molecule is [2H]C1=C([2H])C([2H])C2C(=C1[2H])c1c([2H])c([2H])c([2H])c([2H])c1C21c2c([2H])c([2H])c([2H])c([2H])c2-c2c([2H])c([2H])c([2H])c(N(c3ccc([2H])c([2H])c3[2H])c3c([2H])c([2H])c([2H])c4c3-c3c([2H])c([2H])c([2H])c([2H])c3C43c4c([2H])c([2H])c([2H])c([2H])c4-c4c([2H])c([2H])c([2H])c([2H])c43)c21. The Morgan fingerprint density at radius 3 is 1.75 bits per heavy atom. The molecule has 0 aliphatic heterocycles. The van der Waals surface area contributed by atoms with E-state index in [4.69, 9.17) is 11.0 Å². The van der Waals surface area contributed by atoms with Gasteiger partial charge in [0, 0.05) is 18.5 Å². The predicted molar refractivity (Wildman–Crippen MR) is 234 cm³/mol. The number of hydrogen-bond donors (Lipinski definition) is 0. The molecule has 5 aliphatic rings. The van der Waals surface area contributed by atoms with Crippen LogP contribution in [0.4, 0.5) is 17.1 Å². The van der Waals surface area contributed by atoms with Crippen LogP contribution in [0.5, 0.6) is 0 Å². The topological polar surface area (TPSA) is 3.24 Å². The Labute approximate surface area is 379 Å². The van der Waals surface area contributed by atoms with E-state index < -0.39 is 317 Å². The molecule has 5 aliphatic carbocycles. The number of hydrogen-bond acceptors (Lipinski definition) is 1. The molecule has 0 N–H and O–H groups in total. The number of rotatable bonds is 3. The summed E-state index contributed by atoms with van der Waals surface area (Å²) in [6.45, 7) is 0. The second-order valence-electron chi connectivity index (χ2n) is 13.7. The first-order valence-corrected chi connectivity index (χ1v) is 17.5. The monoisotopic (exact) mass is 756 g/mol. The molecule has 3 atom stereocenters. The van der Waals surface area contributed by atoms with Crippen LogP contribution in [-0.2, 0) is 10.8 Å². The van der Waals surface area contributed by atoms with Crippen LogP contribution in [0.3, 0.4) is 0 Å². The highest BCUT2D eigenvalue weighted by Crippen LogP contribution is 2.69. The molecule has 1 nitrogen and oxygen atoms in total. The molecule has 0 amide bonds. The average Bonchev–Trinajstić information content (AvgIpc) is 1.48. The molecule has 13 rings (SSSR count). The number of benzene rings is 8. The van der Waals surface area contributed by atoms with Crippen molar-refractivity contribution in [3.63, 3.8) is 0 Å². The maximum absolute atomic E-state index is 10.4. The third-order valence-corrected chi connectivity index (χ3v) is 11.4. The molecule has 266 valence electrons. The fourth-order valence-corrected chi connectivity index (χ4v) is 9.50. The van der Waals surface area contributed by atoms with E-state index in [9.17, 15) is 34.3 Å². The number of fused-ring (bicyclic) bond motifs is 20. The van der Waals surface area contributed by atoms with Crippen LogP contribution in [0.15, 0.2) is 206 Å². The quantitative estimate of drug-likeness (QED) is 0.174. The highest BCUT2D eigenvalue weighted by Gasteiger charge is 2.58. The van der Waals surface area contributed by atoms with Crippen molar-refractivity contribution >= 4 is 22.6 Å². The van der Waals surface area contributed by atoms with Crippen LogP contribution in [0.1, 0.15) is 96.1 Å². The van der Waals surface area contributed by atoms with E-state index in [1.165, 1.54) is 0 Å². The van der Waals surface area contributed by atoms with Gasteiger partial charge >= 0.3 is 0 Å². The molecule has 0 radical (unpaired) electrons. The van der Waals surface area contributed by atoms with Crippen molar-refractivity contribution < 1.29 is 45.2 Å². The van der Waals surface area contributed by atoms with Gasteiger partial charge in [-0.25, -0.2) is 0 Å². The van der Waals surface area contributed by atoms with Crippen LogP contribution < -0.4 is 4.90 Å². The summed E-state index contributed by atoms with van der Waals surface area (Å²) in [4.78, 5) is 0.659. The van der Waals surface area contributed by atoms with Crippen molar-refractivity contribution in [1.29, 1.82) is 0 Å². The maximum atomic E-state index is 10.4. The summed E-state index contributed by atoms with van der Waals surface area (Å²) in [5, 5.41) is 0. The Hall–Kier alpha value is -6.96. The van der Waals surface area contributed by atoms with E-state index in [-0.39, 0.29) is 0 Å². The molecule has 57 heavy (non-hydrogen) atoms. The molecular formula is C56H37N. The summed E-state index contributed by atoms with van der Waals surface area (Å²) < 4.78 is 314. The predicted octanol–water partition coefficient (Wildman–Crippen LogP) is 13.8. The lowest BCUT2D eigenvalue weighted by atomic mass is 9.65. The summed E-state index contributed by atoms with van der Waals surface area (Å²) in [7, 11) is 0. The highest BCUT2D eigenvalue weighted by molar-refractivity contribution is 6.03. The van der Waals surface area contributed by atoms with E-state index in [2.05, 4.69) is 0 Å². The van der Waals surface area contributed by atoms with Crippen molar-refractivity contribution in [3.05, 3.63) is 250 Å². The van der Waals surface area contributed by atoms with Crippen molar-refractivity contribution in [2.24, 2.45) is 5.92 Å². The zero-order chi connectivity index (χ0) is 66.0. The summed E-state index contributed by atoms with van der Waals surface area (Å²) >= 11 is 0. The normalized spacial score (nSPS) is 28.8. The molecule has 0 fully saturated rings. The lowest BCUT2D eigenvalue weighted by Gasteiger charge is -2.39. The van der Waals surface area contributed by atoms with Gasteiger partial charge in [-0.2, -0.15) is 0 Å². The van der Waals surface area contributed by atoms with Crippen LogP contribution in [-0.4, -0.2) is 0 Å². The van der Waals surface area contributed by atoms with E-state index in [1.807, 2.05) is 0 Å². The fraction of sp³-hybridized carbons (Fsp3) is 0.0714. The van der Waals surface area contributed by atoms with Gasteiger partial charge in [-0.15, -0.1) is 0 Å². The number of allylic oxidation sites excluding steroid dienone is 4. The lowest BCUT2D eigenvalue weighted by molar-refractivity contribution is 0.495. The Morgan fingerprint density at radius 1 is 0.491 bits per heavy atom. The van der Waals surface area contributed by atoms with Crippen LogP contribution in [0, 0.1) is 5.92 Å². The van der Waals surface area contributed by atoms with Crippen molar-refractivity contribution in [2.45, 2.75) is 17.2 Å². The second-order valence-corrected chi connectivity index (χ2v) is 13.7. The summed E-state index contributed by atoms with van der Waals surface area (Å²) in [6, 6.07) is -31.0. The third kappa shape index (κ3) is 3.71. The molecular weight excluding hydrogens is 687 g/mol. The smallest absolute Gasteiger partial charge is 0.0726 e. The van der Waals surface area contributed by atoms with Crippen molar-refractivity contribution in [1.82, 2.24) is 0 Å². The van der Waals surface area contributed by atoms with Crippen LogP contribution >= 0.6 is 0 Å². The number of para-hydroxylation sites is 1. The molecule has 2 spiro atoms. The van der Waals surface area contributed by atoms with Gasteiger partial charge < -0.3 is 4.90 Å². The molecule has 0 saturated carbocycles. The largest absolute Gasteiger partial charge is 0.310 e. The minimum absolute atomic E-state index is 0.573. The molecule has 0 bridgehead atoms. The maximum Gasteiger partial charge on any atom is 0.0726 e. The zero-order valence-electron chi connectivity index (χ0n) is 61.8. The Morgan fingerprint density at radius 2 is 1.02 bits per heavy atom. The lowest BCUT2D eigenvalue weighted by Crippen LogP contribution is -2.34. The van der Waals surface area contributed by atoms with Crippen LogP contribution in [0.2, 0.25) is 0 Å². The molecule has 0 heterocycles. The van der Waals surface area contributed by atoms with E-state index >= 15 is 0 Å². The van der Waals surface area contributed by atoms with E-state index in [0.717, 1.165) is 12.1 Å². The first-order chi connectivity index (χ1) is 42.0. The van der Waals surface area contributed by atoms with Gasteiger partial charge in [0.2, 0.25) is 0 Å². The summed E-state index contributed by atoms with van der Waals surface area (Å²) in [5.74, 6) is -2.15. The molecule has 8 aromatic carbocycles. The fourth-order valence-electron chi connectivity index (χ4n) is 9.50. The minimum atomic E-state index is -3.03.